The Morgan fingerprint density at radius 2 is 1.42 bits per heavy atom. The van der Waals surface area contributed by atoms with Crippen LogP contribution in [0.2, 0.25) is 0 Å². The third-order valence-electron chi connectivity index (χ3n) is 4.49. The molecule has 31 heavy (non-hydrogen) atoms. The summed E-state index contributed by atoms with van der Waals surface area (Å²) in [6.07, 6.45) is 2.88. The standard InChI is InChI=1S/C23H33N3O3S.HI/c1-18(2)17-29-21-9-5-19(6-10-21)13-15-25-23(24-3)26-16-14-20-7-11-22(12-8-20)30(4,27)28;/h5-12,18H,13-17H2,1-4H3,(H2,24,25,26);1H. The SMILES string of the molecule is CN=C(NCCc1ccc(OCC(C)C)cc1)NCCc1ccc(S(C)(=O)=O)cc1.I. The minimum Gasteiger partial charge on any atom is -0.493 e. The molecule has 8 heteroatoms. The zero-order valence-corrected chi connectivity index (χ0v) is 21.9. The highest BCUT2D eigenvalue weighted by atomic mass is 127. The van der Waals surface area contributed by atoms with Gasteiger partial charge in [0.25, 0.3) is 0 Å². The van der Waals surface area contributed by atoms with Gasteiger partial charge in [0.2, 0.25) is 0 Å². The molecule has 0 atom stereocenters. The van der Waals surface area contributed by atoms with Crippen LogP contribution in [0.1, 0.15) is 25.0 Å². The molecule has 0 saturated carbocycles. The number of sulfone groups is 1. The maximum absolute atomic E-state index is 11.5. The minimum atomic E-state index is -3.15. The van der Waals surface area contributed by atoms with E-state index < -0.39 is 9.84 Å². The Morgan fingerprint density at radius 3 is 1.84 bits per heavy atom. The van der Waals surface area contributed by atoms with Gasteiger partial charge in [-0.1, -0.05) is 38.1 Å². The Balaban J connectivity index is 0.00000480. The molecule has 2 N–H and O–H groups in total. The molecule has 172 valence electrons. The molecule has 0 aromatic heterocycles. The fourth-order valence-corrected chi connectivity index (χ4v) is 3.42. The molecular formula is C23H34IN3O3S. The van der Waals surface area contributed by atoms with E-state index in [9.17, 15) is 8.42 Å². The largest absolute Gasteiger partial charge is 0.493 e. The molecule has 0 fully saturated rings. The summed E-state index contributed by atoms with van der Waals surface area (Å²) in [6.45, 7) is 6.48. The second-order valence-electron chi connectivity index (χ2n) is 7.69. The van der Waals surface area contributed by atoms with Crippen LogP contribution in [0.15, 0.2) is 58.4 Å². The fraction of sp³-hybridized carbons (Fsp3) is 0.435. The van der Waals surface area contributed by atoms with Crippen LogP contribution in [0, 0.1) is 5.92 Å². The summed E-state index contributed by atoms with van der Waals surface area (Å²) in [5.74, 6) is 2.17. The van der Waals surface area contributed by atoms with Crippen LogP contribution < -0.4 is 15.4 Å². The van der Waals surface area contributed by atoms with Crippen molar-refractivity contribution in [2.75, 3.05) is 33.0 Å². The third-order valence-corrected chi connectivity index (χ3v) is 5.62. The van der Waals surface area contributed by atoms with Gasteiger partial charge in [-0.25, -0.2) is 8.42 Å². The number of nitrogens with zero attached hydrogens (tertiary/aromatic N) is 1. The summed E-state index contributed by atoms with van der Waals surface area (Å²) >= 11 is 0. The topological polar surface area (TPSA) is 79.8 Å². The maximum atomic E-state index is 11.5. The Bertz CT molecular complexity index is 912. The van der Waals surface area contributed by atoms with Gasteiger partial charge in [0.15, 0.2) is 15.8 Å². The van der Waals surface area contributed by atoms with Crippen LogP contribution in [-0.4, -0.2) is 47.4 Å². The lowest BCUT2D eigenvalue weighted by molar-refractivity contribution is 0.271. The average Bonchev–Trinajstić information content (AvgIpc) is 2.71. The number of rotatable bonds is 10. The Morgan fingerprint density at radius 1 is 0.935 bits per heavy atom. The number of nitrogens with one attached hydrogen (secondary N) is 2. The predicted octanol–water partition coefficient (Wildman–Crippen LogP) is 3.69. The normalized spacial score (nSPS) is 11.7. The van der Waals surface area contributed by atoms with Gasteiger partial charge in [0.05, 0.1) is 11.5 Å². The van der Waals surface area contributed by atoms with Crippen molar-refractivity contribution in [3.05, 3.63) is 59.7 Å². The summed E-state index contributed by atoms with van der Waals surface area (Å²) in [6, 6.07) is 15.2. The van der Waals surface area contributed by atoms with Crippen LogP contribution >= 0.6 is 24.0 Å². The van der Waals surface area contributed by atoms with Crippen molar-refractivity contribution in [2.45, 2.75) is 31.6 Å². The van der Waals surface area contributed by atoms with Crippen LogP contribution in [0.25, 0.3) is 0 Å². The van der Waals surface area contributed by atoms with Gasteiger partial charge in [-0.3, -0.25) is 4.99 Å². The van der Waals surface area contributed by atoms with E-state index in [1.165, 1.54) is 11.8 Å². The first-order valence-electron chi connectivity index (χ1n) is 10.2. The van der Waals surface area contributed by atoms with E-state index in [2.05, 4.69) is 41.6 Å². The van der Waals surface area contributed by atoms with E-state index in [1.54, 1.807) is 19.2 Å². The van der Waals surface area contributed by atoms with Crippen molar-refractivity contribution in [2.24, 2.45) is 10.9 Å². The highest BCUT2D eigenvalue weighted by molar-refractivity contribution is 14.0. The molecule has 0 spiro atoms. The second kappa shape index (κ2) is 13.6. The van der Waals surface area contributed by atoms with Crippen molar-refractivity contribution in [1.29, 1.82) is 0 Å². The maximum Gasteiger partial charge on any atom is 0.190 e. The van der Waals surface area contributed by atoms with Crippen LogP contribution in [0.3, 0.4) is 0 Å². The van der Waals surface area contributed by atoms with Crippen LogP contribution in [-0.2, 0) is 22.7 Å². The van der Waals surface area contributed by atoms with E-state index in [4.69, 9.17) is 4.74 Å². The molecule has 0 bridgehead atoms. The van der Waals surface area contributed by atoms with Crippen LogP contribution in [0.5, 0.6) is 5.75 Å². The minimum absolute atomic E-state index is 0. The summed E-state index contributed by atoms with van der Waals surface area (Å²) in [7, 11) is -1.40. The van der Waals surface area contributed by atoms with Crippen molar-refractivity contribution < 1.29 is 13.2 Å². The number of guanidine groups is 1. The average molecular weight is 560 g/mol. The number of ether oxygens (including phenoxy) is 1. The molecule has 6 nitrogen and oxygen atoms in total. The molecule has 0 aliphatic rings. The van der Waals surface area contributed by atoms with Crippen LogP contribution in [0.4, 0.5) is 0 Å². The zero-order valence-electron chi connectivity index (χ0n) is 18.7. The molecule has 0 heterocycles. The first-order valence-corrected chi connectivity index (χ1v) is 12.1. The highest BCUT2D eigenvalue weighted by Crippen LogP contribution is 2.13. The van der Waals surface area contributed by atoms with Gasteiger partial charge in [-0.05, 0) is 54.2 Å². The molecule has 2 rings (SSSR count). The van der Waals surface area contributed by atoms with Crippen molar-refractivity contribution in [1.82, 2.24) is 10.6 Å². The Kier molecular flexibility index (Phi) is 11.9. The van der Waals surface area contributed by atoms with E-state index in [0.29, 0.717) is 17.4 Å². The molecule has 0 aliphatic carbocycles. The first kappa shape index (κ1) is 27.2. The van der Waals surface area contributed by atoms with E-state index in [-0.39, 0.29) is 24.0 Å². The summed E-state index contributed by atoms with van der Waals surface area (Å²) in [4.78, 5) is 4.59. The number of aliphatic imine (C=N–C) groups is 1. The van der Waals surface area contributed by atoms with E-state index in [0.717, 1.165) is 43.3 Å². The third kappa shape index (κ3) is 10.4. The molecule has 2 aromatic rings. The summed E-state index contributed by atoms with van der Waals surface area (Å²) in [5, 5.41) is 6.60. The zero-order chi connectivity index (χ0) is 22.0. The predicted molar refractivity (Wildman–Crippen MR) is 139 cm³/mol. The van der Waals surface area contributed by atoms with Gasteiger partial charge in [-0.15, -0.1) is 24.0 Å². The molecule has 0 radical (unpaired) electrons. The van der Waals surface area contributed by atoms with Crippen molar-refractivity contribution in [3.8, 4) is 5.75 Å². The van der Waals surface area contributed by atoms with E-state index >= 15 is 0 Å². The highest BCUT2D eigenvalue weighted by Gasteiger charge is 2.06. The van der Waals surface area contributed by atoms with Gasteiger partial charge >= 0.3 is 0 Å². The lowest BCUT2D eigenvalue weighted by atomic mass is 10.1. The molecule has 0 unspecified atom stereocenters. The quantitative estimate of drug-likeness (QED) is 0.264. The summed E-state index contributed by atoms with van der Waals surface area (Å²) in [5.41, 5.74) is 2.31. The molecule has 0 amide bonds. The lowest BCUT2D eigenvalue weighted by Crippen LogP contribution is -2.39. The Labute approximate surface area is 203 Å². The molecule has 0 aliphatic heterocycles. The lowest BCUT2D eigenvalue weighted by Gasteiger charge is -2.12. The number of halogens is 1. The Hall–Kier alpha value is -1.81. The first-order chi connectivity index (χ1) is 14.3. The molecule has 0 saturated heterocycles. The van der Waals surface area contributed by atoms with Gasteiger partial charge in [0.1, 0.15) is 5.75 Å². The monoisotopic (exact) mass is 559 g/mol. The number of hydrogen-bond acceptors (Lipinski definition) is 4. The number of hydrogen-bond donors (Lipinski definition) is 2. The van der Waals surface area contributed by atoms with Gasteiger partial charge < -0.3 is 15.4 Å². The van der Waals surface area contributed by atoms with Crippen molar-refractivity contribution >= 4 is 39.8 Å². The fourth-order valence-electron chi connectivity index (χ4n) is 2.79. The molecular weight excluding hydrogens is 525 g/mol. The van der Waals surface area contributed by atoms with Gasteiger partial charge in [-0.2, -0.15) is 0 Å². The second-order valence-corrected chi connectivity index (χ2v) is 9.71. The van der Waals surface area contributed by atoms with Crippen molar-refractivity contribution in [3.63, 3.8) is 0 Å². The number of benzene rings is 2. The smallest absolute Gasteiger partial charge is 0.190 e. The van der Waals surface area contributed by atoms with E-state index in [1.807, 2.05) is 24.3 Å². The molecule has 2 aromatic carbocycles. The van der Waals surface area contributed by atoms with Gasteiger partial charge in [0, 0.05) is 26.4 Å². The summed E-state index contributed by atoms with van der Waals surface area (Å²) < 4.78 is 28.7.